The Morgan fingerprint density at radius 1 is 1.15 bits per heavy atom. The molecule has 1 aromatic rings. The molecule has 2 heteroatoms. The number of ether oxygens (including phenoxy) is 1. The summed E-state index contributed by atoms with van der Waals surface area (Å²) < 4.78 is 5.23. The van der Waals surface area contributed by atoms with E-state index in [0.717, 1.165) is 36.6 Å². The summed E-state index contributed by atoms with van der Waals surface area (Å²) in [4.78, 5) is 0. The van der Waals surface area contributed by atoms with Gasteiger partial charge in [0, 0.05) is 0 Å². The summed E-state index contributed by atoms with van der Waals surface area (Å²) in [5, 5.41) is 3.65. The van der Waals surface area contributed by atoms with Gasteiger partial charge in [0.15, 0.2) is 0 Å². The van der Waals surface area contributed by atoms with E-state index >= 15 is 0 Å². The van der Waals surface area contributed by atoms with Crippen LogP contribution in [0.15, 0.2) is 24.3 Å². The van der Waals surface area contributed by atoms with Crippen LogP contribution in [-0.2, 0) is 6.42 Å². The third-order valence-electron chi connectivity index (χ3n) is 4.43. The zero-order valence-electron chi connectivity index (χ0n) is 13.2. The minimum absolute atomic E-state index is 0.734. The fraction of sp³-hybridized carbons (Fsp3) is 0.667. The van der Waals surface area contributed by atoms with Crippen molar-refractivity contribution in [3.05, 3.63) is 29.8 Å². The Bertz CT molecular complexity index is 381. The van der Waals surface area contributed by atoms with E-state index < -0.39 is 0 Å². The van der Waals surface area contributed by atoms with Gasteiger partial charge in [-0.05, 0) is 55.0 Å². The predicted molar refractivity (Wildman–Crippen MR) is 85.2 cm³/mol. The standard InChI is InChI=1S/C18H29NO/c1-14(2)12-19-13-17(16-5-4-6-16)11-15-7-9-18(20-3)10-8-15/h7-10,14,16-17,19H,4-6,11-13H2,1-3H3. The Kier molecular flexibility index (Phi) is 5.90. The highest BCUT2D eigenvalue weighted by Crippen LogP contribution is 2.35. The van der Waals surface area contributed by atoms with Gasteiger partial charge in [-0.1, -0.05) is 45.2 Å². The van der Waals surface area contributed by atoms with Crippen LogP contribution in [0.1, 0.15) is 38.7 Å². The van der Waals surface area contributed by atoms with Crippen molar-refractivity contribution in [1.82, 2.24) is 5.32 Å². The number of benzene rings is 1. The second kappa shape index (κ2) is 7.68. The van der Waals surface area contributed by atoms with Crippen LogP contribution in [0.3, 0.4) is 0 Å². The first-order valence-electron chi connectivity index (χ1n) is 8.02. The summed E-state index contributed by atoms with van der Waals surface area (Å²) >= 11 is 0. The smallest absolute Gasteiger partial charge is 0.118 e. The largest absolute Gasteiger partial charge is 0.497 e. The topological polar surface area (TPSA) is 21.3 Å². The summed E-state index contributed by atoms with van der Waals surface area (Å²) in [6.07, 6.45) is 5.46. The van der Waals surface area contributed by atoms with E-state index in [2.05, 4.69) is 43.4 Å². The molecule has 1 unspecified atom stereocenters. The lowest BCUT2D eigenvalue weighted by atomic mass is 9.73. The van der Waals surface area contributed by atoms with E-state index in [9.17, 15) is 0 Å². The maximum atomic E-state index is 5.23. The van der Waals surface area contributed by atoms with Crippen LogP contribution in [0.5, 0.6) is 5.75 Å². The van der Waals surface area contributed by atoms with Gasteiger partial charge in [0.25, 0.3) is 0 Å². The lowest BCUT2D eigenvalue weighted by molar-refractivity contribution is 0.198. The van der Waals surface area contributed by atoms with E-state index in [1.54, 1.807) is 7.11 Å². The monoisotopic (exact) mass is 275 g/mol. The molecule has 0 heterocycles. The van der Waals surface area contributed by atoms with Crippen molar-refractivity contribution in [2.24, 2.45) is 17.8 Å². The molecule has 0 aromatic heterocycles. The van der Waals surface area contributed by atoms with Crippen LogP contribution < -0.4 is 10.1 Å². The molecule has 20 heavy (non-hydrogen) atoms. The van der Waals surface area contributed by atoms with Crippen LogP contribution in [0.2, 0.25) is 0 Å². The molecule has 0 bridgehead atoms. The highest BCUT2D eigenvalue weighted by atomic mass is 16.5. The molecule has 1 saturated carbocycles. The van der Waals surface area contributed by atoms with Crippen LogP contribution in [0.4, 0.5) is 0 Å². The SMILES string of the molecule is COc1ccc(CC(CNCC(C)C)C2CCC2)cc1. The fourth-order valence-electron chi connectivity index (χ4n) is 2.94. The molecule has 1 atom stereocenters. The van der Waals surface area contributed by atoms with E-state index in [1.165, 1.54) is 31.2 Å². The first-order chi connectivity index (χ1) is 9.69. The molecule has 2 nitrogen and oxygen atoms in total. The Balaban J connectivity index is 1.88. The highest BCUT2D eigenvalue weighted by Gasteiger charge is 2.27. The van der Waals surface area contributed by atoms with Crippen LogP contribution in [0.25, 0.3) is 0 Å². The lowest BCUT2D eigenvalue weighted by Gasteiger charge is -2.34. The third-order valence-corrected chi connectivity index (χ3v) is 4.43. The van der Waals surface area contributed by atoms with Crippen molar-refractivity contribution < 1.29 is 4.74 Å². The Morgan fingerprint density at radius 2 is 1.85 bits per heavy atom. The maximum Gasteiger partial charge on any atom is 0.118 e. The van der Waals surface area contributed by atoms with Gasteiger partial charge in [0.2, 0.25) is 0 Å². The van der Waals surface area contributed by atoms with Gasteiger partial charge in [0.1, 0.15) is 5.75 Å². The first kappa shape index (κ1) is 15.4. The van der Waals surface area contributed by atoms with Crippen molar-refractivity contribution >= 4 is 0 Å². The molecule has 112 valence electrons. The molecule has 1 aliphatic carbocycles. The molecule has 1 aliphatic rings. The molecule has 1 N–H and O–H groups in total. The molecular weight excluding hydrogens is 246 g/mol. The maximum absolute atomic E-state index is 5.23. The van der Waals surface area contributed by atoms with Gasteiger partial charge < -0.3 is 10.1 Å². The lowest BCUT2D eigenvalue weighted by Crippen LogP contribution is -2.34. The van der Waals surface area contributed by atoms with Gasteiger partial charge in [-0.2, -0.15) is 0 Å². The third kappa shape index (κ3) is 4.52. The first-order valence-corrected chi connectivity index (χ1v) is 8.02. The molecule has 0 saturated heterocycles. The van der Waals surface area contributed by atoms with Crippen molar-refractivity contribution in [2.45, 2.75) is 39.5 Å². The van der Waals surface area contributed by atoms with Crippen LogP contribution in [0, 0.1) is 17.8 Å². The predicted octanol–water partition coefficient (Wildman–Crippen LogP) is 3.90. The van der Waals surface area contributed by atoms with Gasteiger partial charge in [-0.25, -0.2) is 0 Å². The zero-order valence-corrected chi connectivity index (χ0v) is 13.2. The van der Waals surface area contributed by atoms with Gasteiger partial charge >= 0.3 is 0 Å². The summed E-state index contributed by atoms with van der Waals surface area (Å²) in [5.41, 5.74) is 1.44. The van der Waals surface area contributed by atoms with Crippen molar-refractivity contribution in [2.75, 3.05) is 20.2 Å². The molecule has 0 radical (unpaired) electrons. The quantitative estimate of drug-likeness (QED) is 0.777. The summed E-state index contributed by atoms with van der Waals surface area (Å²) in [6, 6.07) is 8.59. The second-order valence-corrected chi connectivity index (χ2v) is 6.56. The average Bonchev–Trinajstić information content (AvgIpc) is 2.37. The van der Waals surface area contributed by atoms with Crippen molar-refractivity contribution in [3.63, 3.8) is 0 Å². The number of methoxy groups -OCH3 is 1. The Labute approximate surface area is 123 Å². The molecule has 2 rings (SSSR count). The van der Waals surface area contributed by atoms with Gasteiger partial charge in [-0.3, -0.25) is 0 Å². The Morgan fingerprint density at radius 3 is 2.35 bits per heavy atom. The number of hydrogen-bond donors (Lipinski definition) is 1. The molecule has 0 amide bonds. The van der Waals surface area contributed by atoms with E-state index in [4.69, 9.17) is 4.74 Å². The van der Waals surface area contributed by atoms with Gasteiger partial charge in [-0.15, -0.1) is 0 Å². The van der Waals surface area contributed by atoms with E-state index in [1.807, 2.05) is 0 Å². The van der Waals surface area contributed by atoms with Crippen molar-refractivity contribution in [1.29, 1.82) is 0 Å². The number of nitrogens with one attached hydrogen (secondary N) is 1. The fourth-order valence-corrected chi connectivity index (χ4v) is 2.94. The summed E-state index contributed by atoms with van der Waals surface area (Å²) in [5.74, 6) is 3.40. The van der Waals surface area contributed by atoms with Gasteiger partial charge in [0.05, 0.1) is 7.11 Å². The zero-order chi connectivity index (χ0) is 14.4. The Hall–Kier alpha value is -1.02. The molecule has 0 spiro atoms. The highest BCUT2D eigenvalue weighted by molar-refractivity contribution is 5.27. The molecule has 1 aromatic carbocycles. The molecule has 0 aliphatic heterocycles. The van der Waals surface area contributed by atoms with Crippen molar-refractivity contribution in [3.8, 4) is 5.75 Å². The second-order valence-electron chi connectivity index (χ2n) is 6.56. The van der Waals surface area contributed by atoms with E-state index in [0.29, 0.717) is 0 Å². The normalized spacial score (nSPS) is 17.0. The van der Waals surface area contributed by atoms with Crippen LogP contribution in [-0.4, -0.2) is 20.2 Å². The molecular formula is C18H29NO. The summed E-state index contributed by atoms with van der Waals surface area (Å²) in [6.45, 7) is 6.84. The number of hydrogen-bond acceptors (Lipinski definition) is 2. The summed E-state index contributed by atoms with van der Waals surface area (Å²) in [7, 11) is 1.72. The average molecular weight is 275 g/mol. The van der Waals surface area contributed by atoms with Crippen LogP contribution >= 0.6 is 0 Å². The minimum Gasteiger partial charge on any atom is -0.497 e. The molecule has 1 fully saturated rings. The minimum atomic E-state index is 0.734. The van der Waals surface area contributed by atoms with E-state index in [-0.39, 0.29) is 0 Å². The number of rotatable bonds is 8.